The van der Waals surface area contributed by atoms with Gasteiger partial charge in [0.25, 0.3) is 0 Å². The van der Waals surface area contributed by atoms with Crippen LogP contribution in [0.1, 0.15) is 34.8 Å². The highest BCUT2D eigenvalue weighted by Crippen LogP contribution is 2.14. The summed E-state index contributed by atoms with van der Waals surface area (Å²) in [6.45, 7) is 7.13. The summed E-state index contributed by atoms with van der Waals surface area (Å²) in [5, 5.41) is 0. The fourth-order valence-corrected chi connectivity index (χ4v) is 1.50. The predicted molar refractivity (Wildman–Crippen MR) is 61.4 cm³/mol. The minimum atomic E-state index is 0.171. The van der Waals surface area contributed by atoms with E-state index in [0.29, 0.717) is 19.6 Å². The number of rotatable bonds is 5. The molecule has 0 bridgehead atoms. The summed E-state index contributed by atoms with van der Waals surface area (Å²) in [6.07, 6.45) is 0.470. The fraction of sp³-hybridized carbons (Fsp3) is 0.462. The lowest BCUT2D eigenvalue weighted by molar-refractivity contribution is 0.0895. The number of hydrogen-bond donors (Lipinski definition) is 0. The molecule has 0 unspecified atom stereocenters. The molecule has 1 aromatic carbocycles. The van der Waals surface area contributed by atoms with Crippen LogP contribution in [0.5, 0.6) is 0 Å². The number of hydrogen-bond acceptors (Lipinski definition) is 2. The van der Waals surface area contributed by atoms with Crippen LogP contribution in [0, 0.1) is 13.8 Å². The summed E-state index contributed by atoms with van der Waals surface area (Å²) < 4.78 is 5.17. The lowest BCUT2D eigenvalue weighted by atomic mass is 9.99. The van der Waals surface area contributed by atoms with Gasteiger partial charge in [-0.15, -0.1) is 0 Å². The van der Waals surface area contributed by atoms with Crippen molar-refractivity contribution < 1.29 is 9.53 Å². The van der Waals surface area contributed by atoms with Crippen LogP contribution in [0.3, 0.4) is 0 Å². The third-order valence-electron chi connectivity index (χ3n) is 2.58. The lowest BCUT2D eigenvalue weighted by Crippen LogP contribution is -2.07. The normalized spacial score (nSPS) is 10.3. The maximum atomic E-state index is 11.8. The average Bonchev–Trinajstić information content (AvgIpc) is 2.22. The minimum Gasteiger partial charge on any atom is -0.381 e. The maximum Gasteiger partial charge on any atom is 0.165 e. The summed E-state index contributed by atoms with van der Waals surface area (Å²) in [7, 11) is 0. The molecular formula is C13H18O2. The van der Waals surface area contributed by atoms with Gasteiger partial charge in [-0.1, -0.05) is 18.2 Å². The Morgan fingerprint density at radius 2 is 2.07 bits per heavy atom. The molecule has 0 radical (unpaired) electrons. The van der Waals surface area contributed by atoms with Crippen molar-refractivity contribution in [3.8, 4) is 0 Å². The number of carbonyl (C=O) groups is 1. The Bertz CT molecular complexity index is 342. The first-order chi connectivity index (χ1) is 7.16. The Morgan fingerprint density at radius 1 is 1.33 bits per heavy atom. The van der Waals surface area contributed by atoms with Crippen LogP contribution < -0.4 is 0 Å². The smallest absolute Gasteiger partial charge is 0.165 e. The van der Waals surface area contributed by atoms with Crippen LogP contribution in [-0.2, 0) is 4.74 Å². The summed E-state index contributed by atoms with van der Waals surface area (Å²) in [4.78, 5) is 11.8. The molecule has 0 N–H and O–H groups in total. The van der Waals surface area contributed by atoms with E-state index in [1.54, 1.807) is 0 Å². The number of benzene rings is 1. The van der Waals surface area contributed by atoms with Gasteiger partial charge in [-0.05, 0) is 31.9 Å². The molecule has 0 aliphatic heterocycles. The molecule has 0 heterocycles. The monoisotopic (exact) mass is 206 g/mol. The number of Topliss-reactive ketones (excluding diaryl/α,β-unsaturated/α-hetero) is 1. The average molecular weight is 206 g/mol. The van der Waals surface area contributed by atoms with Crippen molar-refractivity contribution in [1.29, 1.82) is 0 Å². The topological polar surface area (TPSA) is 26.3 Å². The highest BCUT2D eigenvalue weighted by atomic mass is 16.5. The maximum absolute atomic E-state index is 11.8. The molecule has 0 amide bonds. The molecule has 0 aliphatic carbocycles. The van der Waals surface area contributed by atoms with E-state index in [0.717, 1.165) is 16.7 Å². The Labute approximate surface area is 91.3 Å². The van der Waals surface area contributed by atoms with Crippen LogP contribution in [0.4, 0.5) is 0 Å². The molecule has 82 valence electrons. The van der Waals surface area contributed by atoms with Gasteiger partial charge in [0.15, 0.2) is 5.78 Å². The highest BCUT2D eigenvalue weighted by molar-refractivity contribution is 5.97. The Morgan fingerprint density at radius 3 is 2.73 bits per heavy atom. The molecule has 0 saturated heterocycles. The van der Waals surface area contributed by atoms with Crippen molar-refractivity contribution in [1.82, 2.24) is 0 Å². The van der Waals surface area contributed by atoms with Crippen molar-refractivity contribution in [2.24, 2.45) is 0 Å². The second kappa shape index (κ2) is 5.66. The van der Waals surface area contributed by atoms with Crippen molar-refractivity contribution >= 4 is 5.78 Å². The van der Waals surface area contributed by atoms with Gasteiger partial charge in [-0.2, -0.15) is 0 Å². The number of ketones is 1. The van der Waals surface area contributed by atoms with Gasteiger partial charge in [0.1, 0.15) is 0 Å². The second-order valence-corrected chi connectivity index (χ2v) is 3.62. The second-order valence-electron chi connectivity index (χ2n) is 3.62. The molecule has 0 spiro atoms. The zero-order valence-electron chi connectivity index (χ0n) is 9.67. The van der Waals surface area contributed by atoms with E-state index in [1.807, 2.05) is 39.0 Å². The zero-order chi connectivity index (χ0) is 11.3. The predicted octanol–water partition coefficient (Wildman–Crippen LogP) is 2.91. The zero-order valence-corrected chi connectivity index (χ0v) is 9.67. The molecule has 0 atom stereocenters. The van der Waals surface area contributed by atoms with Crippen LogP contribution >= 0.6 is 0 Å². The number of aryl methyl sites for hydroxylation is 1. The van der Waals surface area contributed by atoms with Crippen LogP contribution in [0.2, 0.25) is 0 Å². The minimum absolute atomic E-state index is 0.171. The van der Waals surface area contributed by atoms with Gasteiger partial charge in [0.2, 0.25) is 0 Å². The lowest BCUT2D eigenvalue weighted by Gasteiger charge is -2.07. The molecule has 0 aromatic heterocycles. The molecule has 1 aromatic rings. The van der Waals surface area contributed by atoms with Gasteiger partial charge in [-0.3, -0.25) is 4.79 Å². The Balaban J connectivity index is 2.69. The molecular weight excluding hydrogens is 188 g/mol. The highest BCUT2D eigenvalue weighted by Gasteiger charge is 2.09. The summed E-state index contributed by atoms with van der Waals surface area (Å²) in [6, 6.07) is 5.83. The van der Waals surface area contributed by atoms with E-state index in [4.69, 9.17) is 4.74 Å². The molecule has 1 rings (SSSR count). The standard InChI is InChI=1S/C13H18O2/c1-4-15-9-8-13(14)12-7-5-6-10(2)11(12)3/h5-7H,4,8-9H2,1-3H3. The van der Waals surface area contributed by atoms with Crippen molar-refractivity contribution in [3.05, 3.63) is 34.9 Å². The van der Waals surface area contributed by atoms with E-state index in [-0.39, 0.29) is 5.78 Å². The van der Waals surface area contributed by atoms with E-state index in [9.17, 15) is 4.79 Å². The Hall–Kier alpha value is -1.15. The fourth-order valence-electron chi connectivity index (χ4n) is 1.50. The molecule has 2 nitrogen and oxygen atoms in total. The molecule has 0 fully saturated rings. The van der Waals surface area contributed by atoms with Crippen LogP contribution in [-0.4, -0.2) is 19.0 Å². The van der Waals surface area contributed by atoms with E-state index >= 15 is 0 Å². The summed E-state index contributed by atoms with van der Waals surface area (Å²) in [5.41, 5.74) is 3.07. The van der Waals surface area contributed by atoms with Gasteiger partial charge in [0.05, 0.1) is 6.61 Å². The Kier molecular flexibility index (Phi) is 4.50. The quantitative estimate of drug-likeness (QED) is 0.547. The molecule has 0 aliphatic rings. The largest absolute Gasteiger partial charge is 0.381 e. The first-order valence-corrected chi connectivity index (χ1v) is 5.34. The van der Waals surface area contributed by atoms with E-state index < -0.39 is 0 Å². The first kappa shape index (κ1) is 11.9. The summed E-state index contributed by atoms with van der Waals surface area (Å²) in [5.74, 6) is 0.171. The first-order valence-electron chi connectivity index (χ1n) is 5.34. The van der Waals surface area contributed by atoms with Gasteiger partial charge in [-0.25, -0.2) is 0 Å². The SMILES string of the molecule is CCOCCC(=O)c1cccc(C)c1C. The van der Waals surface area contributed by atoms with E-state index in [2.05, 4.69) is 0 Å². The molecule has 2 heteroatoms. The van der Waals surface area contributed by atoms with Crippen LogP contribution in [0.15, 0.2) is 18.2 Å². The molecule has 15 heavy (non-hydrogen) atoms. The third kappa shape index (κ3) is 3.17. The molecule has 0 saturated carbocycles. The number of carbonyl (C=O) groups excluding carboxylic acids is 1. The summed E-state index contributed by atoms with van der Waals surface area (Å²) >= 11 is 0. The van der Waals surface area contributed by atoms with Gasteiger partial charge in [0, 0.05) is 18.6 Å². The van der Waals surface area contributed by atoms with Crippen molar-refractivity contribution in [2.75, 3.05) is 13.2 Å². The van der Waals surface area contributed by atoms with Gasteiger partial charge < -0.3 is 4.74 Å². The van der Waals surface area contributed by atoms with E-state index in [1.165, 1.54) is 0 Å². The van der Waals surface area contributed by atoms with Crippen molar-refractivity contribution in [2.45, 2.75) is 27.2 Å². The van der Waals surface area contributed by atoms with Crippen LogP contribution in [0.25, 0.3) is 0 Å². The third-order valence-corrected chi connectivity index (χ3v) is 2.58. The van der Waals surface area contributed by atoms with Gasteiger partial charge >= 0.3 is 0 Å². The number of ether oxygens (including phenoxy) is 1. The van der Waals surface area contributed by atoms with Crippen molar-refractivity contribution in [3.63, 3.8) is 0 Å².